The molecular weight excluding hydrogens is 328 g/mol. The second kappa shape index (κ2) is 5.90. The molecule has 0 radical (unpaired) electrons. The number of nitrogen functional groups attached to an aromatic ring is 1. The van der Waals surface area contributed by atoms with E-state index in [9.17, 15) is 4.79 Å². The molecule has 1 aliphatic heterocycles. The van der Waals surface area contributed by atoms with Crippen LogP contribution in [0.25, 0.3) is 0 Å². The zero-order chi connectivity index (χ0) is 14.8. The Balaban J connectivity index is 1.92. The third-order valence-electron chi connectivity index (χ3n) is 3.96. The number of rotatable bonds is 2. The van der Waals surface area contributed by atoms with Gasteiger partial charge in [0.1, 0.15) is 0 Å². The number of carbonyl (C=O) groups excluding carboxylic acids is 1. The Bertz CT molecular complexity index is 657. The number of carbonyl (C=O) groups is 1. The lowest BCUT2D eigenvalue weighted by atomic mass is 10.0. The molecule has 1 unspecified atom stereocenters. The van der Waals surface area contributed by atoms with Gasteiger partial charge >= 0.3 is 0 Å². The molecule has 3 rings (SSSR count). The molecule has 0 bridgehead atoms. The van der Waals surface area contributed by atoms with Crippen molar-refractivity contribution in [1.82, 2.24) is 4.90 Å². The van der Waals surface area contributed by atoms with Crippen molar-refractivity contribution in [3.63, 3.8) is 0 Å². The minimum absolute atomic E-state index is 0.0422. The van der Waals surface area contributed by atoms with Gasteiger partial charge in [-0.05, 0) is 46.5 Å². The summed E-state index contributed by atoms with van der Waals surface area (Å²) in [7, 11) is 0. The Labute approximate surface area is 132 Å². The summed E-state index contributed by atoms with van der Waals surface area (Å²) < 4.78 is 0.689. The first-order chi connectivity index (χ1) is 10.2. The van der Waals surface area contributed by atoms with Gasteiger partial charge in [0.25, 0.3) is 5.91 Å². The lowest BCUT2D eigenvalue weighted by molar-refractivity contribution is 0.0735. The summed E-state index contributed by atoms with van der Waals surface area (Å²) in [6.07, 6.45) is 2.04. The third kappa shape index (κ3) is 2.68. The standard InChI is InChI=1S/C17H17BrN2O/c18-16-13(8-4-9-14(16)19)17(21)20-11-5-10-15(20)12-6-2-1-3-7-12/h1-4,6-9,15H,5,10-11,19H2. The number of nitrogens with two attached hydrogens (primary N) is 1. The number of amides is 1. The average molecular weight is 345 g/mol. The van der Waals surface area contributed by atoms with Gasteiger partial charge in [-0.2, -0.15) is 0 Å². The fourth-order valence-electron chi connectivity index (χ4n) is 2.90. The SMILES string of the molecule is Nc1cccc(C(=O)N2CCCC2c2ccccc2)c1Br. The molecule has 1 fully saturated rings. The van der Waals surface area contributed by atoms with Gasteiger partial charge in [0.2, 0.25) is 0 Å². The van der Waals surface area contributed by atoms with Crippen molar-refractivity contribution in [3.05, 3.63) is 64.1 Å². The summed E-state index contributed by atoms with van der Waals surface area (Å²) in [5, 5.41) is 0. The molecule has 0 aliphatic carbocycles. The average Bonchev–Trinajstić information content (AvgIpc) is 3.00. The van der Waals surface area contributed by atoms with E-state index in [-0.39, 0.29) is 11.9 Å². The lowest BCUT2D eigenvalue weighted by Gasteiger charge is -2.25. The Morgan fingerprint density at radius 3 is 2.67 bits per heavy atom. The molecule has 21 heavy (non-hydrogen) atoms. The van der Waals surface area contributed by atoms with E-state index in [2.05, 4.69) is 28.1 Å². The van der Waals surface area contributed by atoms with Crippen molar-refractivity contribution < 1.29 is 4.79 Å². The second-order valence-electron chi connectivity index (χ2n) is 5.28. The molecule has 1 saturated heterocycles. The van der Waals surface area contributed by atoms with Gasteiger partial charge in [-0.1, -0.05) is 36.4 Å². The van der Waals surface area contributed by atoms with Crippen LogP contribution in [0.15, 0.2) is 53.0 Å². The van der Waals surface area contributed by atoms with Gasteiger partial charge in [-0.25, -0.2) is 0 Å². The molecule has 0 aromatic heterocycles. The molecule has 2 aromatic rings. The van der Waals surface area contributed by atoms with Crippen LogP contribution in [0.2, 0.25) is 0 Å². The third-order valence-corrected chi connectivity index (χ3v) is 4.84. The largest absolute Gasteiger partial charge is 0.398 e. The quantitative estimate of drug-likeness (QED) is 0.836. The number of benzene rings is 2. The number of likely N-dealkylation sites (tertiary alicyclic amines) is 1. The highest BCUT2D eigenvalue weighted by Gasteiger charge is 2.31. The minimum atomic E-state index is 0.0422. The van der Waals surface area contributed by atoms with Gasteiger partial charge in [-0.15, -0.1) is 0 Å². The maximum atomic E-state index is 12.8. The summed E-state index contributed by atoms with van der Waals surface area (Å²) in [6.45, 7) is 0.791. The van der Waals surface area contributed by atoms with Crippen LogP contribution in [0.1, 0.15) is 34.8 Å². The van der Waals surface area contributed by atoms with Crippen LogP contribution >= 0.6 is 15.9 Å². The molecule has 0 saturated carbocycles. The predicted molar refractivity (Wildman–Crippen MR) is 88.0 cm³/mol. The number of nitrogens with zero attached hydrogens (tertiary/aromatic N) is 1. The van der Waals surface area contributed by atoms with Crippen LogP contribution in [0.5, 0.6) is 0 Å². The summed E-state index contributed by atoms with van der Waals surface area (Å²) >= 11 is 3.43. The van der Waals surface area contributed by atoms with E-state index in [4.69, 9.17) is 5.73 Å². The first kappa shape index (κ1) is 14.1. The maximum Gasteiger partial charge on any atom is 0.255 e. The molecule has 1 amide bonds. The van der Waals surface area contributed by atoms with Crippen molar-refractivity contribution >= 4 is 27.5 Å². The van der Waals surface area contributed by atoms with Crippen LogP contribution in [-0.4, -0.2) is 17.4 Å². The molecular formula is C17H17BrN2O. The van der Waals surface area contributed by atoms with Crippen molar-refractivity contribution in [1.29, 1.82) is 0 Å². The van der Waals surface area contributed by atoms with Gasteiger partial charge in [0.05, 0.1) is 16.1 Å². The number of hydrogen-bond donors (Lipinski definition) is 1. The summed E-state index contributed by atoms with van der Waals surface area (Å²) in [5.41, 5.74) is 8.31. The van der Waals surface area contributed by atoms with Crippen LogP contribution in [0.4, 0.5) is 5.69 Å². The smallest absolute Gasteiger partial charge is 0.255 e. The Kier molecular flexibility index (Phi) is 3.97. The second-order valence-corrected chi connectivity index (χ2v) is 6.07. The monoisotopic (exact) mass is 344 g/mol. The Hall–Kier alpha value is -1.81. The Morgan fingerprint density at radius 1 is 1.14 bits per heavy atom. The first-order valence-electron chi connectivity index (χ1n) is 7.08. The van der Waals surface area contributed by atoms with E-state index in [1.54, 1.807) is 6.07 Å². The summed E-state index contributed by atoms with van der Waals surface area (Å²) in [4.78, 5) is 14.8. The van der Waals surface area contributed by atoms with Crippen molar-refractivity contribution in [2.75, 3.05) is 12.3 Å². The molecule has 0 spiro atoms. The fourth-order valence-corrected chi connectivity index (χ4v) is 3.34. The normalized spacial score (nSPS) is 18.0. The predicted octanol–water partition coefficient (Wildman–Crippen LogP) is 4.01. The molecule has 2 N–H and O–H groups in total. The highest BCUT2D eigenvalue weighted by Crippen LogP contribution is 2.34. The van der Waals surface area contributed by atoms with Crippen LogP contribution < -0.4 is 5.73 Å². The zero-order valence-corrected chi connectivity index (χ0v) is 13.2. The summed E-state index contributed by atoms with van der Waals surface area (Å²) in [6, 6.07) is 15.8. The van der Waals surface area contributed by atoms with E-state index in [1.807, 2.05) is 35.2 Å². The van der Waals surface area contributed by atoms with E-state index in [0.29, 0.717) is 15.7 Å². The first-order valence-corrected chi connectivity index (χ1v) is 7.87. The number of halogens is 1. The van der Waals surface area contributed by atoms with Crippen LogP contribution in [-0.2, 0) is 0 Å². The molecule has 3 nitrogen and oxygen atoms in total. The van der Waals surface area contributed by atoms with Gasteiger partial charge < -0.3 is 10.6 Å². The van der Waals surface area contributed by atoms with Crippen molar-refractivity contribution in [2.24, 2.45) is 0 Å². The highest BCUT2D eigenvalue weighted by atomic mass is 79.9. The lowest BCUT2D eigenvalue weighted by Crippen LogP contribution is -2.30. The molecule has 1 heterocycles. The van der Waals surface area contributed by atoms with E-state index < -0.39 is 0 Å². The van der Waals surface area contributed by atoms with E-state index in [0.717, 1.165) is 19.4 Å². The fraction of sp³-hybridized carbons (Fsp3) is 0.235. The molecule has 1 aliphatic rings. The molecule has 1 atom stereocenters. The van der Waals surface area contributed by atoms with Gasteiger partial charge in [-0.3, -0.25) is 4.79 Å². The number of anilines is 1. The van der Waals surface area contributed by atoms with Crippen LogP contribution in [0, 0.1) is 0 Å². The van der Waals surface area contributed by atoms with Crippen molar-refractivity contribution in [2.45, 2.75) is 18.9 Å². The zero-order valence-electron chi connectivity index (χ0n) is 11.6. The minimum Gasteiger partial charge on any atom is -0.398 e. The topological polar surface area (TPSA) is 46.3 Å². The Morgan fingerprint density at radius 2 is 1.90 bits per heavy atom. The van der Waals surface area contributed by atoms with Crippen LogP contribution in [0.3, 0.4) is 0 Å². The van der Waals surface area contributed by atoms with E-state index >= 15 is 0 Å². The van der Waals surface area contributed by atoms with E-state index in [1.165, 1.54) is 5.56 Å². The molecule has 4 heteroatoms. The summed E-state index contributed by atoms with van der Waals surface area (Å²) in [5.74, 6) is 0.0422. The number of hydrogen-bond acceptors (Lipinski definition) is 2. The molecule has 108 valence electrons. The van der Waals surface area contributed by atoms with Gasteiger partial charge in [0.15, 0.2) is 0 Å². The maximum absolute atomic E-state index is 12.8. The highest BCUT2D eigenvalue weighted by molar-refractivity contribution is 9.10. The molecule has 2 aromatic carbocycles. The van der Waals surface area contributed by atoms with Crippen molar-refractivity contribution in [3.8, 4) is 0 Å². The van der Waals surface area contributed by atoms with Gasteiger partial charge in [0, 0.05) is 12.2 Å².